The SMILES string of the molecule is CCCc1sc(C(=O)/C=C/c2ccc(COc3c(Cl)c(Cl)c(Cl)c(Cl)c3Cl)o2)cc1Br. The van der Waals surface area contributed by atoms with E-state index < -0.39 is 0 Å². The largest absolute Gasteiger partial charge is 0.482 e. The first-order valence-corrected chi connectivity index (χ1v) is 12.5. The summed E-state index contributed by atoms with van der Waals surface area (Å²) >= 11 is 35.4. The summed E-state index contributed by atoms with van der Waals surface area (Å²) in [5.41, 5.74) is 0. The zero-order chi connectivity index (χ0) is 22.7. The Morgan fingerprint density at radius 1 is 1.10 bits per heavy atom. The summed E-state index contributed by atoms with van der Waals surface area (Å²) in [6, 6.07) is 5.28. The highest BCUT2D eigenvalue weighted by Crippen LogP contribution is 2.48. The molecule has 0 saturated heterocycles. The van der Waals surface area contributed by atoms with Gasteiger partial charge in [0.05, 0.1) is 19.9 Å². The van der Waals surface area contributed by atoms with Gasteiger partial charge in [0, 0.05) is 9.35 Å². The predicted octanol–water partition coefficient (Wildman–Crippen LogP) is 9.80. The van der Waals surface area contributed by atoms with Crippen molar-refractivity contribution in [3.63, 3.8) is 0 Å². The number of hydrogen-bond acceptors (Lipinski definition) is 4. The standard InChI is InChI=1S/C21H14BrCl5O3S/c1-2-3-14-12(22)8-15(31-14)13(28)7-6-10-4-5-11(30-10)9-29-21-19(26)17(24)16(23)18(25)20(21)27/h4-8H,2-3,9H2,1H3/b7-6+. The molecule has 0 amide bonds. The van der Waals surface area contributed by atoms with E-state index in [0.29, 0.717) is 16.4 Å². The quantitative estimate of drug-likeness (QED) is 0.111. The van der Waals surface area contributed by atoms with Crippen LogP contribution in [0, 0.1) is 0 Å². The van der Waals surface area contributed by atoms with Crippen molar-refractivity contribution >= 4 is 97.1 Å². The number of ketones is 1. The van der Waals surface area contributed by atoms with E-state index in [1.54, 1.807) is 18.2 Å². The predicted molar refractivity (Wildman–Crippen MR) is 134 cm³/mol. The van der Waals surface area contributed by atoms with Gasteiger partial charge in [0.1, 0.15) is 28.2 Å². The lowest BCUT2D eigenvalue weighted by atomic mass is 10.2. The first-order valence-electron chi connectivity index (χ1n) is 8.96. The van der Waals surface area contributed by atoms with Crippen LogP contribution in [0.4, 0.5) is 0 Å². The Kier molecular flexibility index (Phi) is 8.84. The van der Waals surface area contributed by atoms with E-state index in [1.165, 1.54) is 17.4 Å². The second kappa shape index (κ2) is 11.0. The number of thiophene rings is 1. The number of carbonyl (C=O) groups excluding carboxylic acids is 1. The van der Waals surface area contributed by atoms with Crippen LogP contribution in [-0.2, 0) is 13.0 Å². The first-order chi connectivity index (χ1) is 14.7. The molecule has 0 spiro atoms. The minimum atomic E-state index is -0.0914. The van der Waals surface area contributed by atoms with Gasteiger partial charge >= 0.3 is 0 Å². The molecule has 0 aliphatic rings. The zero-order valence-corrected chi connectivity index (χ0v) is 22.1. The lowest BCUT2D eigenvalue weighted by Crippen LogP contribution is -1.96. The van der Waals surface area contributed by atoms with Crippen LogP contribution in [0.25, 0.3) is 6.08 Å². The highest BCUT2D eigenvalue weighted by molar-refractivity contribution is 9.10. The number of furan rings is 1. The summed E-state index contributed by atoms with van der Waals surface area (Å²) < 4.78 is 12.3. The van der Waals surface area contributed by atoms with Crippen molar-refractivity contribution in [2.75, 3.05) is 0 Å². The van der Waals surface area contributed by atoms with Crippen LogP contribution in [0.3, 0.4) is 0 Å². The fourth-order valence-electron chi connectivity index (χ4n) is 2.58. The van der Waals surface area contributed by atoms with Crippen LogP contribution < -0.4 is 4.74 Å². The molecule has 3 nitrogen and oxygen atoms in total. The third-order valence-electron chi connectivity index (χ3n) is 4.09. The van der Waals surface area contributed by atoms with Gasteiger partial charge in [0.15, 0.2) is 11.5 Å². The van der Waals surface area contributed by atoms with Crippen molar-refractivity contribution in [1.82, 2.24) is 0 Å². The number of aryl methyl sites for hydroxylation is 1. The molecular formula is C21H14BrCl5O3S. The monoisotopic (exact) mass is 600 g/mol. The first kappa shape index (κ1) is 25.0. The minimum absolute atomic E-state index is 0.0216. The van der Waals surface area contributed by atoms with Gasteiger partial charge in [-0.2, -0.15) is 0 Å². The van der Waals surface area contributed by atoms with Gasteiger partial charge in [0.2, 0.25) is 0 Å². The van der Waals surface area contributed by atoms with Crippen LogP contribution in [-0.4, -0.2) is 5.78 Å². The molecule has 0 aliphatic carbocycles. The summed E-state index contributed by atoms with van der Waals surface area (Å²) in [6.07, 6.45) is 5.03. The molecule has 0 fully saturated rings. The maximum Gasteiger partial charge on any atom is 0.195 e. The maximum absolute atomic E-state index is 12.4. The zero-order valence-electron chi connectivity index (χ0n) is 15.9. The Morgan fingerprint density at radius 3 is 2.39 bits per heavy atom. The van der Waals surface area contributed by atoms with E-state index in [-0.39, 0.29) is 43.3 Å². The Bertz CT molecular complexity index is 1120. The summed E-state index contributed by atoms with van der Waals surface area (Å²) in [5.74, 6) is 1.01. The van der Waals surface area contributed by atoms with Gasteiger partial charge in [-0.25, -0.2) is 0 Å². The van der Waals surface area contributed by atoms with E-state index in [4.69, 9.17) is 67.2 Å². The molecule has 2 aromatic heterocycles. The fourth-order valence-corrected chi connectivity index (χ4v) is 5.71. The number of carbonyl (C=O) groups is 1. The Morgan fingerprint density at radius 2 is 1.74 bits per heavy atom. The Hall–Kier alpha value is -0.660. The second-order valence-corrected chi connectivity index (χ2v) is 10.2. The molecule has 0 saturated carbocycles. The van der Waals surface area contributed by atoms with E-state index in [9.17, 15) is 4.79 Å². The third kappa shape index (κ3) is 5.83. The average molecular weight is 604 g/mol. The molecule has 3 aromatic rings. The minimum Gasteiger partial charge on any atom is -0.482 e. The van der Waals surface area contributed by atoms with Crippen molar-refractivity contribution in [3.8, 4) is 5.75 Å². The fraction of sp³-hybridized carbons (Fsp3) is 0.190. The summed E-state index contributed by atoms with van der Waals surface area (Å²) in [4.78, 5) is 14.3. The Labute approximate surface area is 217 Å². The number of halogens is 6. The average Bonchev–Trinajstić information content (AvgIpc) is 3.36. The molecular weight excluding hydrogens is 589 g/mol. The molecule has 0 bridgehead atoms. The number of ether oxygens (including phenoxy) is 1. The van der Waals surface area contributed by atoms with Crippen LogP contribution >= 0.6 is 85.3 Å². The highest BCUT2D eigenvalue weighted by Gasteiger charge is 2.21. The molecule has 0 unspecified atom stereocenters. The smallest absolute Gasteiger partial charge is 0.195 e. The van der Waals surface area contributed by atoms with Crippen molar-refractivity contribution in [1.29, 1.82) is 0 Å². The van der Waals surface area contributed by atoms with E-state index in [2.05, 4.69) is 22.9 Å². The van der Waals surface area contributed by atoms with Gasteiger partial charge in [-0.15, -0.1) is 11.3 Å². The summed E-state index contributed by atoms with van der Waals surface area (Å²) in [6.45, 7) is 2.12. The lowest BCUT2D eigenvalue weighted by Gasteiger charge is -2.12. The summed E-state index contributed by atoms with van der Waals surface area (Å²) in [5, 5.41) is 0.277. The van der Waals surface area contributed by atoms with E-state index in [1.807, 2.05) is 6.07 Å². The molecule has 0 atom stereocenters. The molecule has 31 heavy (non-hydrogen) atoms. The Balaban J connectivity index is 1.67. The number of rotatable bonds is 8. The molecule has 164 valence electrons. The topological polar surface area (TPSA) is 39.4 Å². The van der Waals surface area contributed by atoms with Gasteiger partial charge in [-0.3, -0.25) is 4.79 Å². The van der Waals surface area contributed by atoms with Crippen molar-refractivity contribution < 1.29 is 13.9 Å². The number of benzene rings is 1. The number of hydrogen-bond donors (Lipinski definition) is 0. The van der Waals surface area contributed by atoms with Gasteiger partial charge in [-0.05, 0) is 52.7 Å². The van der Waals surface area contributed by atoms with Crippen LogP contribution in [0.2, 0.25) is 25.1 Å². The molecule has 0 radical (unpaired) electrons. The van der Waals surface area contributed by atoms with Crippen molar-refractivity contribution in [2.24, 2.45) is 0 Å². The lowest BCUT2D eigenvalue weighted by molar-refractivity contribution is 0.105. The molecule has 1 aromatic carbocycles. The number of allylic oxidation sites excluding steroid dienone is 1. The van der Waals surface area contributed by atoms with Crippen LogP contribution in [0.15, 0.2) is 33.2 Å². The third-order valence-corrected chi connectivity index (χ3v) is 8.51. The molecule has 2 heterocycles. The van der Waals surface area contributed by atoms with Gasteiger partial charge < -0.3 is 9.15 Å². The van der Waals surface area contributed by atoms with Gasteiger partial charge in [-0.1, -0.05) is 71.3 Å². The molecule has 0 N–H and O–H groups in total. The van der Waals surface area contributed by atoms with E-state index >= 15 is 0 Å². The summed E-state index contributed by atoms with van der Waals surface area (Å²) in [7, 11) is 0. The highest BCUT2D eigenvalue weighted by atomic mass is 79.9. The van der Waals surface area contributed by atoms with Crippen molar-refractivity contribution in [2.45, 2.75) is 26.4 Å². The molecule has 0 aliphatic heterocycles. The van der Waals surface area contributed by atoms with Crippen LogP contribution in [0.1, 0.15) is 39.4 Å². The normalized spacial score (nSPS) is 11.5. The maximum atomic E-state index is 12.4. The molecule has 10 heteroatoms. The second-order valence-electron chi connectivity index (χ2n) is 6.32. The van der Waals surface area contributed by atoms with Crippen LogP contribution in [0.5, 0.6) is 5.75 Å². The molecule has 3 rings (SSSR count). The van der Waals surface area contributed by atoms with Crippen molar-refractivity contribution in [3.05, 3.63) is 75.1 Å². The van der Waals surface area contributed by atoms with Gasteiger partial charge in [0.25, 0.3) is 0 Å². The van der Waals surface area contributed by atoms with E-state index in [0.717, 1.165) is 22.2 Å².